The summed E-state index contributed by atoms with van der Waals surface area (Å²) in [5.74, 6) is 0.375. The maximum Gasteiger partial charge on any atom is 0.325 e. The highest BCUT2D eigenvalue weighted by atomic mass is 16.5. The molecular weight excluding hydrogens is 308 g/mol. The van der Waals surface area contributed by atoms with E-state index in [1.807, 2.05) is 17.9 Å². The van der Waals surface area contributed by atoms with Gasteiger partial charge in [0.2, 0.25) is 0 Å². The average Bonchev–Trinajstić information content (AvgIpc) is 2.57. The van der Waals surface area contributed by atoms with Crippen molar-refractivity contribution in [2.45, 2.75) is 32.4 Å². The molecule has 2 atom stereocenters. The lowest BCUT2D eigenvalue weighted by Crippen LogP contribution is -2.53. The number of carboxylic acids is 1. The fourth-order valence-electron chi connectivity index (χ4n) is 3.28. The molecule has 0 aromatic heterocycles. The number of likely N-dealkylation sites (N-methyl/N-ethyl adjacent to an activating group) is 1. The highest BCUT2D eigenvalue weighted by Gasteiger charge is 2.33. The van der Waals surface area contributed by atoms with Crippen LogP contribution in [0.3, 0.4) is 0 Å². The third kappa shape index (κ3) is 3.99. The first kappa shape index (κ1) is 18.5. The number of carbonyl (C=O) groups is 1. The lowest BCUT2D eigenvalue weighted by molar-refractivity contribution is -0.144. The van der Waals surface area contributed by atoms with E-state index < -0.39 is 12.0 Å². The van der Waals surface area contributed by atoms with Gasteiger partial charge in [-0.25, -0.2) is 0 Å². The second-order valence-corrected chi connectivity index (χ2v) is 6.12. The SMILES string of the molecule is CCOc1ccc(C(C(=O)O)N2CCN(C)C(CC)C2)cc1OC. The maximum atomic E-state index is 12.0. The fraction of sp³-hybridized carbons (Fsp3) is 0.611. The van der Waals surface area contributed by atoms with Gasteiger partial charge in [0.05, 0.1) is 13.7 Å². The third-order valence-electron chi connectivity index (χ3n) is 4.68. The van der Waals surface area contributed by atoms with E-state index in [1.165, 1.54) is 0 Å². The van der Waals surface area contributed by atoms with E-state index in [0.29, 0.717) is 24.1 Å². The van der Waals surface area contributed by atoms with Crippen LogP contribution in [0.15, 0.2) is 18.2 Å². The van der Waals surface area contributed by atoms with Crippen LogP contribution in [0.1, 0.15) is 31.9 Å². The molecule has 0 saturated carbocycles. The van der Waals surface area contributed by atoms with Crippen LogP contribution in [0.4, 0.5) is 0 Å². The van der Waals surface area contributed by atoms with Crippen molar-refractivity contribution in [3.63, 3.8) is 0 Å². The molecule has 24 heavy (non-hydrogen) atoms. The summed E-state index contributed by atoms with van der Waals surface area (Å²) >= 11 is 0. The molecular formula is C18H28N2O4. The normalized spacial score (nSPS) is 20.6. The van der Waals surface area contributed by atoms with E-state index in [-0.39, 0.29) is 0 Å². The Labute approximate surface area is 144 Å². The van der Waals surface area contributed by atoms with Crippen LogP contribution in [-0.2, 0) is 4.79 Å². The summed E-state index contributed by atoms with van der Waals surface area (Å²) in [6.45, 7) is 6.94. The maximum absolute atomic E-state index is 12.0. The van der Waals surface area contributed by atoms with Crippen molar-refractivity contribution in [2.75, 3.05) is 40.4 Å². The lowest BCUT2D eigenvalue weighted by atomic mass is 10.0. The Morgan fingerprint density at radius 2 is 2.08 bits per heavy atom. The van der Waals surface area contributed by atoms with Crippen molar-refractivity contribution in [1.82, 2.24) is 9.80 Å². The molecule has 6 heteroatoms. The average molecular weight is 336 g/mol. The molecule has 1 aliphatic rings. The van der Waals surface area contributed by atoms with Gasteiger partial charge in [-0.2, -0.15) is 0 Å². The quantitative estimate of drug-likeness (QED) is 0.824. The minimum Gasteiger partial charge on any atom is -0.493 e. The van der Waals surface area contributed by atoms with Crippen LogP contribution >= 0.6 is 0 Å². The van der Waals surface area contributed by atoms with Crippen molar-refractivity contribution < 1.29 is 19.4 Å². The van der Waals surface area contributed by atoms with Crippen LogP contribution in [0.2, 0.25) is 0 Å². The summed E-state index contributed by atoms with van der Waals surface area (Å²) in [4.78, 5) is 16.3. The number of carboxylic acid groups (broad SMARTS) is 1. The minimum atomic E-state index is -0.833. The monoisotopic (exact) mass is 336 g/mol. The number of aliphatic carboxylic acids is 1. The molecule has 1 heterocycles. The first-order valence-corrected chi connectivity index (χ1v) is 8.49. The number of hydrogen-bond acceptors (Lipinski definition) is 5. The van der Waals surface area contributed by atoms with Crippen molar-refractivity contribution in [3.05, 3.63) is 23.8 Å². The van der Waals surface area contributed by atoms with Gasteiger partial charge in [0.1, 0.15) is 6.04 Å². The summed E-state index contributed by atoms with van der Waals surface area (Å²) < 4.78 is 10.9. The summed E-state index contributed by atoms with van der Waals surface area (Å²) in [6, 6.07) is 5.11. The Bertz CT molecular complexity index is 564. The van der Waals surface area contributed by atoms with Crippen molar-refractivity contribution in [3.8, 4) is 11.5 Å². The Kier molecular flexibility index (Phi) is 6.45. The van der Waals surface area contributed by atoms with Gasteiger partial charge in [0.25, 0.3) is 0 Å². The van der Waals surface area contributed by atoms with E-state index in [4.69, 9.17) is 9.47 Å². The number of methoxy groups -OCH3 is 1. The molecule has 6 nitrogen and oxygen atoms in total. The van der Waals surface area contributed by atoms with Gasteiger partial charge in [-0.3, -0.25) is 9.69 Å². The second kappa shape index (κ2) is 8.35. The van der Waals surface area contributed by atoms with E-state index in [0.717, 1.165) is 31.6 Å². The van der Waals surface area contributed by atoms with Gasteiger partial charge >= 0.3 is 5.97 Å². The van der Waals surface area contributed by atoms with Crippen LogP contribution in [-0.4, -0.2) is 67.3 Å². The van der Waals surface area contributed by atoms with Crippen molar-refractivity contribution in [2.24, 2.45) is 0 Å². The lowest BCUT2D eigenvalue weighted by Gasteiger charge is -2.41. The number of rotatable bonds is 7. The summed E-state index contributed by atoms with van der Waals surface area (Å²) in [6.07, 6.45) is 1.01. The highest BCUT2D eigenvalue weighted by Crippen LogP contribution is 2.33. The number of piperazine rings is 1. The van der Waals surface area contributed by atoms with E-state index >= 15 is 0 Å². The van der Waals surface area contributed by atoms with Gasteiger partial charge in [-0.05, 0) is 38.1 Å². The smallest absolute Gasteiger partial charge is 0.325 e. The molecule has 1 aliphatic heterocycles. The Morgan fingerprint density at radius 3 is 2.67 bits per heavy atom. The number of nitrogens with zero attached hydrogens (tertiary/aromatic N) is 2. The summed E-state index contributed by atoms with van der Waals surface area (Å²) in [5, 5.41) is 9.81. The van der Waals surface area contributed by atoms with E-state index in [2.05, 4.69) is 18.9 Å². The van der Waals surface area contributed by atoms with Gasteiger partial charge in [0.15, 0.2) is 11.5 Å². The molecule has 0 radical (unpaired) electrons. The number of hydrogen-bond donors (Lipinski definition) is 1. The molecule has 1 aromatic carbocycles. The highest BCUT2D eigenvalue weighted by molar-refractivity contribution is 5.76. The molecule has 134 valence electrons. The molecule has 1 N–H and O–H groups in total. The van der Waals surface area contributed by atoms with Crippen LogP contribution in [0.25, 0.3) is 0 Å². The third-order valence-corrected chi connectivity index (χ3v) is 4.68. The Morgan fingerprint density at radius 1 is 1.33 bits per heavy atom. The van der Waals surface area contributed by atoms with Gasteiger partial charge in [-0.1, -0.05) is 13.0 Å². The van der Waals surface area contributed by atoms with E-state index in [9.17, 15) is 9.90 Å². The standard InChI is InChI=1S/C18H28N2O4/c1-5-14-12-20(10-9-19(14)3)17(18(21)22)13-7-8-15(24-6-2)16(11-13)23-4/h7-8,11,14,17H,5-6,9-10,12H2,1-4H3,(H,21,22). The Balaban J connectivity index is 2.29. The second-order valence-electron chi connectivity index (χ2n) is 6.12. The van der Waals surface area contributed by atoms with Gasteiger partial charge < -0.3 is 19.5 Å². The molecule has 1 saturated heterocycles. The molecule has 0 amide bonds. The zero-order chi connectivity index (χ0) is 17.7. The summed E-state index contributed by atoms with van der Waals surface area (Å²) in [7, 11) is 3.67. The molecule has 1 fully saturated rings. The zero-order valence-corrected chi connectivity index (χ0v) is 15.0. The minimum absolute atomic E-state index is 0.380. The number of benzene rings is 1. The molecule has 0 aliphatic carbocycles. The molecule has 1 aromatic rings. The first-order chi connectivity index (χ1) is 11.5. The van der Waals surface area contributed by atoms with Gasteiger partial charge in [-0.15, -0.1) is 0 Å². The predicted octanol–water partition coefficient (Wildman–Crippen LogP) is 2.25. The first-order valence-electron chi connectivity index (χ1n) is 8.49. The predicted molar refractivity (Wildman–Crippen MR) is 92.8 cm³/mol. The fourth-order valence-corrected chi connectivity index (χ4v) is 3.28. The van der Waals surface area contributed by atoms with E-state index in [1.54, 1.807) is 19.2 Å². The molecule has 0 bridgehead atoms. The largest absolute Gasteiger partial charge is 0.493 e. The molecule has 2 unspecified atom stereocenters. The van der Waals surface area contributed by atoms with Gasteiger partial charge in [0, 0.05) is 25.7 Å². The van der Waals surface area contributed by atoms with Crippen LogP contribution in [0.5, 0.6) is 11.5 Å². The summed E-state index contributed by atoms with van der Waals surface area (Å²) in [5.41, 5.74) is 0.724. The molecule has 0 spiro atoms. The zero-order valence-electron chi connectivity index (χ0n) is 15.0. The van der Waals surface area contributed by atoms with Crippen LogP contribution in [0, 0.1) is 0 Å². The number of ether oxygens (including phenoxy) is 2. The topological polar surface area (TPSA) is 62.2 Å². The Hall–Kier alpha value is -1.79. The van der Waals surface area contributed by atoms with Crippen LogP contribution < -0.4 is 9.47 Å². The van der Waals surface area contributed by atoms with Crippen molar-refractivity contribution >= 4 is 5.97 Å². The van der Waals surface area contributed by atoms with Crippen molar-refractivity contribution in [1.29, 1.82) is 0 Å². The molecule has 2 rings (SSSR count).